The molecule has 0 saturated carbocycles. The van der Waals surface area contributed by atoms with Gasteiger partial charge in [0.05, 0.1) is 0 Å². The fraction of sp³-hybridized carbons (Fsp3) is 0.667. The molecule has 1 radical (unpaired) electrons. The number of halogens is 2. The molecule has 0 amide bonds. The molecule has 0 atom stereocenters. The quantitative estimate of drug-likeness (QED) is 0.710. The van der Waals surface area contributed by atoms with E-state index in [1.807, 2.05) is 20.8 Å². The van der Waals surface area contributed by atoms with Crippen molar-refractivity contribution in [1.82, 2.24) is 9.78 Å². The van der Waals surface area contributed by atoms with Crippen molar-refractivity contribution in [2.75, 3.05) is 0 Å². The lowest BCUT2D eigenvalue weighted by molar-refractivity contribution is 0.120. The molecule has 2 nitrogen and oxygen atoms in total. The Hall–Kier alpha value is -0.930. The van der Waals surface area contributed by atoms with Crippen LogP contribution >= 0.6 is 0 Å². The molecule has 0 fully saturated rings. The summed E-state index contributed by atoms with van der Waals surface area (Å²) in [5.74, 6) is 0.206. The lowest BCUT2D eigenvalue weighted by atomic mass is 10.1. The molecule has 1 rings (SSSR count). The fourth-order valence-corrected chi connectivity index (χ4v) is 1.44. The van der Waals surface area contributed by atoms with Crippen molar-refractivity contribution in [2.45, 2.75) is 39.7 Å². The van der Waals surface area contributed by atoms with E-state index in [-0.39, 0.29) is 12.5 Å². The van der Waals surface area contributed by atoms with Crippen LogP contribution in [0.3, 0.4) is 0 Å². The van der Waals surface area contributed by atoms with E-state index in [4.69, 9.17) is 0 Å². The number of nitrogens with zero attached hydrogens (tertiary/aromatic N) is 2. The number of alkyl halides is 2. The molecule has 0 aliphatic heterocycles. The molecule has 0 N–H and O–H groups in total. The van der Waals surface area contributed by atoms with Crippen molar-refractivity contribution < 1.29 is 8.78 Å². The Morgan fingerprint density at radius 2 is 2.08 bits per heavy atom. The van der Waals surface area contributed by atoms with Crippen molar-refractivity contribution in [3.05, 3.63) is 17.5 Å². The van der Waals surface area contributed by atoms with Crippen LogP contribution in [0.5, 0.6) is 0 Å². The summed E-state index contributed by atoms with van der Waals surface area (Å²) >= 11 is 0. The Kier molecular flexibility index (Phi) is 3.01. The SMILES string of the molecule is Cc1[c]nn(CC(F)F)c1C(C)C. The summed E-state index contributed by atoms with van der Waals surface area (Å²) in [5, 5.41) is 3.79. The lowest BCUT2D eigenvalue weighted by Crippen LogP contribution is -2.12. The molecule has 0 aromatic carbocycles. The van der Waals surface area contributed by atoms with Crippen molar-refractivity contribution >= 4 is 0 Å². The van der Waals surface area contributed by atoms with Crippen LogP contribution < -0.4 is 0 Å². The van der Waals surface area contributed by atoms with Gasteiger partial charge in [-0.15, -0.1) is 0 Å². The average Bonchev–Trinajstić information content (AvgIpc) is 2.30. The Morgan fingerprint density at radius 3 is 2.54 bits per heavy atom. The summed E-state index contributed by atoms with van der Waals surface area (Å²) in [7, 11) is 0. The predicted octanol–water partition coefficient (Wildman–Crippen LogP) is 2.38. The summed E-state index contributed by atoms with van der Waals surface area (Å²) in [6, 6.07) is 0. The highest BCUT2D eigenvalue weighted by atomic mass is 19.3. The molecule has 0 aliphatic carbocycles. The van der Waals surface area contributed by atoms with Crippen molar-refractivity contribution in [3.63, 3.8) is 0 Å². The van der Waals surface area contributed by atoms with Crippen LogP contribution in [0.4, 0.5) is 8.78 Å². The molecular weight excluding hydrogens is 174 g/mol. The summed E-state index contributed by atoms with van der Waals surface area (Å²) in [5.41, 5.74) is 1.70. The zero-order valence-corrected chi connectivity index (χ0v) is 8.01. The highest BCUT2D eigenvalue weighted by Crippen LogP contribution is 2.18. The number of hydrogen-bond acceptors (Lipinski definition) is 1. The molecule has 0 spiro atoms. The third-order valence-corrected chi connectivity index (χ3v) is 1.86. The van der Waals surface area contributed by atoms with E-state index in [1.54, 1.807) is 0 Å². The van der Waals surface area contributed by atoms with Crippen LogP contribution in [0.15, 0.2) is 0 Å². The van der Waals surface area contributed by atoms with Crippen molar-refractivity contribution in [1.29, 1.82) is 0 Å². The Balaban J connectivity index is 2.94. The van der Waals surface area contributed by atoms with Crippen molar-refractivity contribution in [2.24, 2.45) is 0 Å². The maximum absolute atomic E-state index is 12.1. The van der Waals surface area contributed by atoms with Gasteiger partial charge < -0.3 is 0 Å². The lowest BCUT2D eigenvalue weighted by Gasteiger charge is -2.10. The van der Waals surface area contributed by atoms with E-state index in [0.717, 1.165) is 11.3 Å². The van der Waals surface area contributed by atoms with E-state index in [1.165, 1.54) is 4.68 Å². The highest BCUT2D eigenvalue weighted by molar-refractivity contribution is 5.17. The molecule has 1 aromatic heterocycles. The van der Waals surface area contributed by atoms with Gasteiger partial charge in [-0.05, 0) is 12.8 Å². The van der Waals surface area contributed by atoms with E-state index < -0.39 is 6.43 Å². The Labute approximate surface area is 76.6 Å². The topological polar surface area (TPSA) is 17.8 Å². The fourth-order valence-electron chi connectivity index (χ4n) is 1.44. The molecule has 0 aliphatic rings. The second-order valence-electron chi connectivity index (χ2n) is 3.35. The van der Waals surface area contributed by atoms with Gasteiger partial charge in [0.15, 0.2) is 0 Å². The summed E-state index contributed by atoms with van der Waals surface area (Å²) in [4.78, 5) is 0. The van der Waals surface area contributed by atoms with Crippen LogP contribution in [-0.4, -0.2) is 16.2 Å². The smallest absolute Gasteiger partial charge is 0.257 e. The minimum atomic E-state index is -2.36. The first-order valence-electron chi connectivity index (χ1n) is 4.25. The minimum Gasteiger partial charge on any atom is -0.263 e. The Morgan fingerprint density at radius 1 is 1.46 bits per heavy atom. The standard InChI is InChI=1S/C9H13F2N2/c1-6(2)9-7(3)4-12-13(9)5-8(10)11/h6,8H,5H2,1-3H3. The van der Waals surface area contributed by atoms with Crippen molar-refractivity contribution in [3.8, 4) is 0 Å². The second kappa shape index (κ2) is 3.85. The van der Waals surface area contributed by atoms with Gasteiger partial charge >= 0.3 is 0 Å². The number of hydrogen-bond donors (Lipinski definition) is 0. The normalized spacial score (nSPS) is 11.6. The first kappa shape index (κ1) is 10.2. The molecule has 0 unspecified atom stereocenters. The molecule has 1 heterocycles. The minimum absolute atomic E-state index is 0.206. The van der Waals surface area contributed by atoms with E-state index in [9.17, 15) is 8.78 Å². The largest absolute Gasteiger partial charge is 0.263 e. The molecular formula is C9H13F2N2. The molecule has 13 heavy (non-hydrogen) atoms. The molecule has 0 bridgehead atoms. The van der Waals surface area contributed by atoms with Crippen LogP contribution in [0.1, 0.15) is 31.0 Å². The van der Waals surface area contributed by atoms with E-state index >= 15 is 0 Å². The summed E-state index contributed by atoms with van der Waals surface area (Å²) in [6.45, 7) is 5.42. The Bertz CT molecular complexity index is 279. The van der Waals surface area contributed by atoms with E-state index in [0.29, 0.717) is 0 Å². The van der Waals surface area contributed by atoms with Gasteiger partial charge in [0.2, 0.25) is 0 Å². The highest BCUT2D eigenvalue weighted by Gasteiger charge is 2.14. The van der Waals surface area contributed by atoms with Gasteiger partial charge in [-0.3, -0.25) is 4.68 Å². The molecule has 0 saturated heterocycles. The van der Waals surface area contributed by atoms with Gasteiger partial charge in [0.1, 0.15) is 12.7 Å². The molecule has 4 heteroatoms. The van der Waals surface area contributed by atoms with Gasteiger partial charge in [0, 0.05) is 11.3 Å². The first-order valence-corrected chi connectivity index (χ1v) is 4.25. The maximum Gasteiger partial charge on any atom is 0.257 e. The van der Waals surface area contributed by atoms with Gasteiger partial charge in [-0.1, -0.05) is 13.8 Å². The monoisotopic (exact) mass is 187 g/mol. The van der Waals surface area contributed by atoms with E-state index in [2.05, 4.69) is 11.3 Å². The van der Waals surface area contributed by atoms with Gasteiger partial charge in [-0.2, -0.15) is 5.10 Å². The third-order valence-electron chi connectivity index (χ3n) is 1.86. The second-order valence-corrected chi connectivity index (χ2v) is 3.35. The van der Waals surface area contributed by atoms with Crippen LogP contribution in [0, 0.1) is 13.1 Å². The maximum atomic E-state index is 12.1. The number of aryl methyl sites for hydroxylation is 1. The van der Waals surface area contributed by atoms with Crippen LogP contribution in [0.2, 0.25) is 0 Å². The third kappa shape index (κ3) is 2.26. The number of rotatable bonds is 3. The first-order chi connectivity index (χ1) is 6.02. The molecule has 1 aromatic rings. The zero-order chi connectivity index (χ0) is 10.0. The van der Waals surface area contributed by atoms with Crippen LogP contribution in [0.25, 0.3) is 0 Å². The average molecular weight is 187 g/mol. The summed E-state index contributed by atoms with van der Waals surface area (Å²) in [6.07, 6.45) is 0.347. The molecule has 73 valence electrons. The van der Waals surface area contributed by atoms with Gasteiger partial charge in [0.25, 0.3) is 6.43 Å². The summed E-state index contributed by atoms with van der Waals surface area (Å²) < 4.78 is 25.5. The predicted molar refractivity (Wildman–Crippen MR) is 45.9 cm³/mol. The number of aromatic nitrogens is 2. The van der Waals surface area contributed by atoms with Crippen LogP contribution in [-0.2, 0) is 6.54 Å². The zero-order valence-electron chi connectivity index (χ0n) is 8.01. The van der Waals surface area contributed by atoms with Gasteiger partial charge in [-0.25, -0.2) is 8.78 Å².